The number of carbonyl (C=O) groups is 1. The molecule has 0 aliphatic heterocycles. The van der Waals surface area contributed by atoms with Crippen LogP contribution in [-0.4, -0.2) is 38.8 Å². The summed E-state index contributed by atoms with van der Waals surface area (Å²) in [5, 5.41) is 8.85. The maximum atomic E-state index is 12.5. The summed E-state index contributed by atoms with van der Waals surface area (Å²) >= 11 is 2.39. The number of nitrogens with two attached hydrogens (primary N) is 1. The number of aromatic nitrogens is 3. The molecule has 0 spiro atoms. The topological polar surface area (TPSA) is 85.8 Å². The molecule has 136 valence electrons. The van der Waals surface area contributed by atoms with Crippen LogP contribution in [0.5, 0.6) is 0 Å². The van der Waals surface area contributed by atoms with Gasteiger partial charge in [0.15, 0.2) is 0 Å². The Hall–Kier alpha value is -1.88. The number of halogens is 3. The monoisotopic (exact) mass is 391 g/mol. The number of amides is 1. The predicted molar refractivity (Wildman–Crippen MR) is 90.8 cm³/mol. The molecule has 0 fully saturated rings. The lowest BCUT2D eigenvalue weighted by Crippen LogP contribution is -2.27. The van der Waals surface area contributed by atoms with Crippen molar-refractivity contribution in [1.82, 2.24) is 20.2 Å². The number of hydrogen-bond acceptors (Lipinski definition) is 6. The second-order valence-electron chi connectivity index (χ2n) is 4.97. The standard InChI is InChI=1S/C14H16F3N5OS2/c1-9-2-4-10(5-3-9)24-7-6-19-11(23)8-25-13-21-20-12(22(13)18)14(15,16)17/h2-5H,6-8,18H2,1H3,(H,19,23). The Labute approximate surface area is 150 Å². The van der Waals surface area contributed by atoms with E-state index in [1.165, 1.54) is 5.56 Å². The number of nitrogens with zero attached hydrogens (tertiary/aromatic N) is 3. The molecular weight excluding hydrogens is 375 g/mol. The lowest BCUT2D eigenvalue weighted by Gasteiger charge is -2.07. The summed E-state index contributed by atoms with van der Waals surface area (Å²) in [6, 6.07) is 8.03. The predicted octanol–water partition coefficient (Wildman–Crippen LogP) is 2.32. The molecular formula is C14H16F3N5OS2. The zero-order valence-electron chi connectivity index (χ0n) is 13.2. The number of benzene rings is 1. The average Bonchev–Trinajstić information content (AvgIpc) is 2.92. The number of hydrogen-bond donors (Lipinski definition) is 2. The lowest BCUT2D eigenvalue weighted by atomic mass is 10.2. The van der Waals surface area contributed by atoms with E-state index in [2.05, 4.69) is 15.5 Å². The molecule has 6 nitrogen and oxygen atoms in total. The first-order valence-corrected chi connectivity index (χ1v) is 9.11. The van der Waals surface area contributed by atoms with Crippen molar-refractivity contribution in [3.63, 3.8) is 0 Å². The Morgan fingerprint density at radius 3 is 2.52 bits per heavy atom. The van der Waals surface area contributed by atoms with Crippen LogP contribution < -0.4 is 11.2 Å². The number of aryl methyl sites for hydroxylation is 1. The molecule has 0 unspecified atom stereocenters. The Kier molecular flexibility index (Phi) is 6.59. The molecule has 0 saturated heterocycles. The molecule has 25 heavy (non-hydrogen) atoms. The molecule has 11 heteroatoms. The number of rotatable bonds is 7. The zero-order chi connectivity index (χ0) is 18.4. The quantitative estimate of drug-likeness (QED) is 0.428. The molecule has 0 saturated carbocycles. The molecule has 0 aliphatic rings. The molecule has 0 bridgehead atoms. The number of nitrogen functional groups attached to an aromatic ring is 1. The van der Waals surface area contributed by atoms with Gasteiger partial charge in [0.2, 0.25) is 11.1 Å². The Morgan fingerprint density at radius 1 is 1.24 bits per heavy atom. The lowest BCUT2D eigenvalue weighted by molar-refractivity contribution is -0.146. The van der Waals surface area contributed by atoms with Gasteiger partial charge >= 0.3 is 6.18 Å². The molecule has 2 aromatic rings. The minimum absolute atomic E-state index is 0.0949. The second-order valence-corrected chi connectivity index (χ2v) is 7.08. The van der Waals surface area contributed by atoms with E-state index in [1.54, 1.807) is 11.8 Å². The van der Waals surface area contributed by atoms with Gasteiger partial charge in [-0.25, -0.2) is 4.68 Å². The highest BCUT2D eigenvalue weighted by Gasteiger charge is 2.38. The normalized spacial score (nSPS) is 11.5. The van der Waals surface area contributed by atoms with Gasteiger partial charge < -0.3 is 11.2 Å². The fourth-order valence-corrected chi connectivity index (χ4v) is 3.20. The van der Waals surface area contributed by atoms with Gasteiger partial charge in [0, 0.05) is 17.2 Å². The van der Waals surface area contributed by atoms with Gasteiger partial charge in [0.1, 0.15) is 0 Å². The highest BCUT2D eigenvalue weighted by atomic mass is 32.2. The van der Waals surface area contributed by atoms with Gasteiger partial charge in [-0.05, 0) is 19.1 Å². The van der Waals surface area contributed by atoms with E-state index in [9.17, 15) is 18.0 Å². The van der Waals surface area contributed by atoms with Crippen LogP contribution in [0.25, 0.3) is 0 Å². The van der Waals surface area contributed by atoms with E-state index >= 15 is 0 Å². The smallest absolute Gasteiger partial charge is 0.355 e. The number of nitrogens with one attached hydrogen (secondary N) is 1. The number of thioether (sulfide) groups is 2. The van der Waals surface area contributed by atoms with Crippen molar-refractivity contribution in [1.29, 1.82) is 0 Å². The van der Waals surface area contributed by atoms with Crippen LogP contribution in [0, 0.1) is 6.92 Å². The summed E-state index contributed by atoms with van der Waals surface area (Å²) in [6.07, 6.45) is -4.68. The van der Waals surface area contributed by atoms with Gasteiger partial charge in [-0.1, -0.05) is 29.5 Å². The summed E-state index contributed by atoms with van der Waals surface area (Å²) < 4.78 is 37.9. The Balaban J connectivity index is 1.71. The van der Waals surface area contributed by atoms with E-state index in [4.69, 9.17) is 5.84 Å². The third-order valence-corrected chi connectivity index (χ3v) is 4.92. The summed E-state index contributed by atoms with van der Waals surface area (Å²) in [5.41, 5.74) is 1.18. The van der Waals surface area contributed by atoms with Crippen LogP contribution in [-0.2, 0) is 11.0 Å². The van der Waals surface area contributed by atoms with Crippen molar-refractivity contribution in [2.24, 2.45) is 0 Å². The van der Waals surface area contributed by atoms with Crippen molar-refractivity contribution in [2.75, 3.05) is 23.9 Å². The van der Waals surface area contributed by atoms with E-state index < -0.39 is 12.0 Å². The molecule has 1 aromatic heterocycles. The van der Waals surface area contributed by atoms with E-state index in [-0.39, 0.29) is 16.8 Å². The third-order valence-electron chi connectivity index (χ3n) is 2.96. The van der Waals surface area contributed by atoms with E-state index in [0.717, 1.165) is 16.7 Å². The minimum Gasteiger partial charge on any atom is -0.355 e. The number of alkyl halides is 3. The van der Waals surface area contributed by atoms with Crippen LogP contribution in [0.4, 0.5) is 13.2 Å². The second kappa shape index (κ2) is 8.48. The summed E-state index contributed by atoms with van der Waals surface area (Å²) in [6.45, 7) is 2.45. The van der Waals surface area contributed by atoms with Crippen molar-refractivity contribution in [3.8, 4) is 0 Å². The van der Waals surface area contributed by atoms with Gasteiger partial charge in [0.25, 0.3) is 5.82 Å². The molecule has 1 amide bonds. The van der Waals surface area contributed by atoms with Gasteiger partial charge in [-0.15, -0.1) is 22.0 Å². The van der Waals surface area contributed by atoms with Gasteiger partial charge in [0.05, 0.1) is 5.75 Å². The molecule has 3 N–H and O–H groups in total. The largest absolute Gasteiger partial charge is 0.453 e. The molecule has 2 rings (SSSR count). The Morgan fingerprint density at radius 2 is 1.92 bits per heavy atom. The maximum absolute atomic E-state index is 12.5. The first-order chi connectivity index (χ1) is 11.8. The molecule has 0 atom stereocenters. The first-order valence-electron chi connectivity index (χ1n) is 7.14. The molecule has 1 heterocycles. The fourth-order valence-electron chi connectivity index (χ4n) is 1.74. The SMILES string of the molecule is Cc1ccc(SCCNC(=O)CSc2nnc(C(F)(F)F)n2N)cc1. The third kappa shape index (κ3) is 5.85. The van der Waals surface area contributed by atoms with E-state index in [1.807, 2.05) is 31.2 Å². The highest BCUT2D eigenvalue weighted by molar-refractivity contribution is 7.99. The van der Waals surface area contributed by atoms with E-state index in [0.29, 0.717) is 17.0 Å². The average molecular weight is 391 g/mol. The fraction of sp³-hybridized carbons (Fsp3) is 0.357. The summed E-state index contributed by atoms with van der Waals surface area (Å²) in [5.74, 6) is 4.26. The Bertz CT molecular complexity index is 718. The maximum Gasteiger partial charge on any atom is 0.453 e. The zero-order valence-corrected chi connectivity index (χ0v) is 14.8. The summed E-state index contributed by atoms with van der Waals surface area (Å²) in [7, 11) is 0. The first kappa shape index (κ1) is 19.4. The molecule has 0 aliphatic carbocycles. The van der Waals surface area contributed by atoms with Crippen molar-refractivity contribution in [2.45, 2.75) is 23.2 Å². The van der Waals surface area contributed by atoms with Crippen molar-refractivity contribution < 1.29 is 18.0 Å². The van der Waals surface area contributed by atoms with Crippen LogP contribution >= 0.6 is 23.5 Å². The number of carbonyl (C=O) groups excluding carboxylic acids is 1. The highest BCUT2D eigenvalue weighted by Crippen LogP contribution is 2.28. The van der Waals surface area contributed by atoms with Crippen LogP contribution in [0.15, 0.2) is 34.3 Å². The minimum atomic E-state index is -4.68. The summed E-state index contributed by atoms with van der Waals surface area (Å²) in [4.78, 5) is 12.8. The molecule has 0 radical (unpaired) electrons. The van der Waals surface area contributed by atoms with Crippen LogP contribution in [0.3, 0.4) is 0 Å². The molecule has 1 aromatic carbocycles. The van der Waals surface area contributed by atoms with Crippen LogP contribution in [0.2, 0.25) is 0 Å². The van der Waals surface area contributed by atoms with Gasteiger partial charge in [-0.3, -0.25) is 4.79 Å². The van der Waals surface area contributed by atoms with Crippen molar-refractivity contribution >= 4 is 29.4 Å². The van der Waals surface area contributed by atoms with Crippen LogP contribution in [0.1, 0.15) is 11.4 Å². The van der Waals surface area contributed by atoms with Crippen molar-refractivity contribution in [3.05, 3.63) is 35.7 Å². The van der Waals surface area contributed by atoms with Gasteiger partial charge in [-0.2, -0.15) is 13.2 Å².